The summed E-state index contributed by atoms with van der Waals surface area (Å²) in [4.78, 5) is 41.2. The average Bonchev–Trinajstić information content (AvgIpc) is 3.14. The van der Waals surface area contributed by atoms with E-state index in [1.165, 1.54) is 10.9 Å². The summed E-state index contributed by atoms with van der Waals surface area (Å²) >= 11 is 0. The van der Waals surface area contributed by atoms with Gasteiger partial charge in [-0.2, -0.15) is 0 Å². The summed E-state index contributed by atoms with van der Waals surface area (Å²) in [6.07, 6.45) is 2.08. The monoisotopic (exact) mass is 405 g/mol. The lowest BCUT2D eigenvalue weighted by atomic mass is 10.2. The van der Waals surface area contributed by atoms with Crippen LogP contribution in [0.1, 0.15) is 23.7 Å². The molecule has 30 heavy (non-hydrogen) atoms. The summed E-state index contributed by atoms with van der Waals surface area (Å²) in [7, 11) is 0. The molecule has 0 spiro atoms. The number of amides is 1. The minimum Gasteiger partial charge on any atom is -0.462 e. The summed E-state index contributed by atoms with van der Waals surface area (Å²) in [6, 6.07) is 13.6. The Morgan fingerprint density at radius 2 is 1.90 bits per heavy atom. The third-order valence-electron chi connectivity index (χ3n) is 4.51. The Labute approximate surface area is 171 Å². The number of nitrogens with one attached hydrogen (secondary N) is 1. The van der Waals surface area contributed by atoms with E-state index in [1.807, 2.05) is 25.1 Å². The third-order valence-corrected chi connectivity index (χ3v) is 4.51. The first-order valence-corrected chi connectivity index (χ1v) is 9.50. The number of para-hydroxylation sites is 1. The number of benzene rings is 2. The normalized spacial score (nSPS) is 11.0. The Bertz CT molecular complexity index is 1290. The standard InChI is InChI=1S/C22H19N3O5/c1-2-11-29-22(28)14-7-9-15(10-8-14)24-18(26)12-25-13-23-19-16-5-3-4-6-17(16)30-20(19)21(25)27/h3-10,13H,2,11-12H2,1H3,(H,24,26). The largest absolute Gasteiger partial charge is 0.462 e. The molecular weight excluding hydrogens is 386 g/mol. The zero-order valence-electron chi connectivity index (χ0n) is 16.3. The molecule has 0 aliphatic rings. The van der Waals surface area contributed by atoms with Crippen LogP contribution in [0, 0.1) is 0 Å². The quantitative estimate of drug-likeness (QED) is 0.494. The van der Waals surface area contributed by atoms with Crippen molar-refractivity contribution in [2.24, 2.45) is 0 Å². The van der Waals surface area contributed by atoms with E-state index in [2.05, 4.69) is 10.3 Å². The molecule has 0 saturated heterocycles. The molecule has 4 aromatic rings. The van der Waals surface area contributed by atoms with E-state index in [1.54, 1.807) is 30.3 Å². The molecule has 8 heteroatoms. The number of rotatable bonds is 6. The van der Waals surface area contributed by atoms with Crippen LogP contribution < -0.4 is 10.9 Å². The molecule has 152 valence electrons. The number of aromatic nitrogens is 2. The summed E-state index contributed by atoms with van der Waals surface area (Å²) < 4.78 is 11.9. The number of anilines is 1. The predicted octanol–water partition coefficient (Wildman–Crippen LogP) is 3.35. The van der Waals surface area contributed by atoms with Gasteiger partial charge < -0.3 is 14.5 Å². The van der Waals surface area contributed by atoms with Crippen LogP contribution >= 0.6 is 0 Å². The van der Waals surface area contributed by atoms with Gasteiger partial charge in [0.15, 0.2) is 0 Å². The van der Waals surface area contributed by atoms with E-state index in [0.717, 1.165) is 11.8 Å². The fraction of sp³-hybridized carbons (Fsp3) is 0.182. The lowest BCUT2D eigenvalue weighted by Crippen LogP contribution is -2.27. The van der Waals surface area contributed by atoms with E-state index in [0.29, 0.717) is 29.0 Å². The van der Waals surface area contributed by atoms with Crippen LogP contribution in [0.2, 0.25) is 0 Å². The van der Waals surface area contributed by atoms with Crippen molar-refractivity contribution in [1.82, 2.24) is 9.55 Å². The molecule has 8 nitrogen and oxygen atoms in total. The van der Waals surface area contributed by atoms with Crippen LogP contribution in [-0.2, 0) is 16.1 Å². The second kappa shape index (κ2) is 8.20. The summed E-state index contributed by atoms with van der Waals surface area (Å²) in [5, 5.41) is 3.44. The van der Waals surface area contributed by atoms with Crippen LogP contribution in [0.4, 0.5) is 5.69 Å². The van der Waals surface area contributed by atoms with Gasteiger partial charge in [-0.3, -0.25) is 14.2 Å². The number of furan rings is 1. The fourth-order valence-corrected chi connectivity index (χ4v) is 3.05. The number of carbonyl (C=O) groups excluding carboxylic acids is 2. The first-order chi connectivity index (χ1) is 14.6. The summed E-state index contributed by atoms with van der Waals surface area (Å²) in [6.45, 7) is 2.05. The zero-order valence-corrected chi connectivity index (χ0v) is 16.3. The van der Waals surface area contributed by atoms with Crippen molar-refractivity contribution in [3.05, 3.63) is 70.8 Å². The van der Waals surface area contributed by atoms with Crippen LogP contribution in [0.5, 0.6) is 0 Å². The van der Waals surface area contributed by atoms with E-state index >= 15 is 0 Å². The molecular formula is C22H19N3O5. The molecule has 4 rings (SSSR count). The van der Waals surface area contributed by atoms with Crippen LogP contribution in [0.25, 0.3) is 22.1 Å². The number of hydrogen-bond acceptors (Lipinski definition) is 6. The van der Waals surface area contributed by atoms with Gasteiger partial charge in [-0.05, 0) is 42.8 Å². The minimum atomic E-state index is -0.430. The molecule has 0 fully saturated rings. The number of carbonyl (C=O) groups is 2. The van der Waals surface area contributed by atoms with E-state index < -0.39 is 17.4 Å². The second-order valence-corrected chi connectivity index (χ2v) is 6.72. The van der Waals surface area contributed by atoms with Crippen molar-refractivity contribution in [3.63, 3.8) is 0 Å². The molecule has 0 unspecified atom stereocenters. The molecule has 0 radical (unpaired) electrons. The Hall–Kier alpha value is -3.94. The highest BCUT2D eigenvalue weighted by molar-refractivity contribution is 6.01. The molecule has 1 N–H and O–H groups in total. The van der Waals surface area contributed by atoms with Crippen molar-refractivity contribution in [2.75, 3.05) is 11.9 Å². The van der Waals surface area contributed by atoms with Crippen molar-refractivity contribution in [2.45, 2.75) is 19.9 Å². The molecule has 0 atom stereocenters. The van der Waals surface area contributed by atoms with Crippen molar-refractivity contribution in [1.29, 1.82) is 0 Å². The Kier molecular flexibility index (Phi) is 5.30. The van der Waals surface area contributed by atoms with Gasteiger partial charge >= 0.3 is 5.97 Å². The van der Waals surface area contributed by atoms with Gasteiger partial charge in [-0.25, -0.2) is 9.78 Å². The molecule has 0 aliphatic carbocycles. The van der Waals surface area contributed by atoms with Crippen LogP contribution in [0.3, 0.4) is 0 Å². The molecule has 0 saturated carbocycles. The van der Waals surface area contributed by atoms with Gasteiger partial charge in [-0.1, -0.05) is 19.1 Å². The number of nitrogens with zero attached hydrogens (tertiary/aromatic N) is 2. The molecule has 0 bridgehead atoms. The maximum atomic E-state index is 12.7. The SMILES string of the molecule is CCCOC(=O)c1ccc(NC(=O)Cn2cnc3c(oc4ccccc43)c2=O)cc1. The highest BCUT2D eigenvalue weighted by Crippen LogP contribution is 2.24. The molecule has 1 amide bonds. The van der Waals surface area contributed by atoms with Gasteiger partial charge in [0, 0.05) is 11.1 Å². The number of fused-ring (bicyclic) bond motifs is 3. The van der Waals surface area contributed by atoms with Crippen LogP contribution in [0.15, 0.2) is 64.1 Å². The zero-order chi connectivity index (χ0) is 21.1. The predicted molar refractivity (Wildman–Crippen MR) is 111 cm³/mol. The fourth-order valence-electron chi connectivity index (χ4n) is 3.05. The number of ether oxygens (including phenoxy) is 1. The van der Waals surface area contributed by atoms with Crippen molar-refractivity contribution < 1.29 is 18.7 Å². The van der Waals surface area contributed by atoms with E-state index in [9.17, 15) is 14.4 Å². The third kappa shape index (κ3) is 3.80. The number of hydrogen-bond donors (Lipinski definition) is 1. The maximum Gasteiger partial charge on any atom is 0.338 e. The molecule has 0 aliphatic heterocycles. The van der Waals surface area contributed by atoms with E-state index in [-0.39, 0.29) is 12.1 Å². The lowest BCUT2D eigenvalue weighted by molar-refractivity contribution is -0.116. The average molecular weight is 405 g/mol. The minimum absolute atomic E-state index is 0.112. The van der Waals surface area contributed by atoms with Gasteiger partial charge in [0.05, 0.1) is 18.5 Å². The molecule has 2 aromatic carbocycles. The first kappa shape index (κ1) is 19.4. The summed E-state index contributed by atoms with van der Waals surface area (Å²) in [5.74, 6) is -0.817. The number of esters is 1. The Morgan fingerprint density at radius 1 is 1.13 bits per heavy atom. The maximum absolute atomic E-state index is 12.7. The first-order valence-electron chi connectivity index (χ1n) is 9.50. The Balaban J connectivity index is 1.48. The Morgan fingerprint density at radius 3 is 2.67 bits per heavy atom. The van der Waals surface area contributed by atoms with E-state index in [4.69, 9.17) is 9.15 Å². The van der Waals surface area contributed by atoms with Crippen LogP contribution in [-0.4, -0.2) is 28.0 Å². The van der Waals surface area contributed by atoms with Gasteiger partial charge in [0.1, 0.15) is 17.6 Å². The van der Waals surface area contributed by atoms with Gasteiger partial charge in [0.2, 0.25) is 11.5 Å². The molecule has 2 aromatic heterocycles. The lowest BCUT2D eigenvalue weighted by Gasteiger charge is -2.08. The smallest absolute Gasteiger partial charge is 0.338 e. The topological polar surface area (TPSA) is 103 Å². The highest BCUT2D eigenvalue weighted by Gasteiger charge is 2.15. The van der Waals surface area contributed by atoms with Crippen molar-refractivity contribution >= 4 is 39.6 Å². The molecule has 2 heterocycles. The highest BCUT2D eigenvalue weighted by atomic mass is 16.5. The van der Waals surface area contributed by atoms with Crippen molar-refractivity contribution in [3.8, 4) is 0 Å². The van der Waals surface area contributed by atoms with Gasteiger partial charge in [0.25, 0.3) is 5.56 Å². The van der Waals surface area contributed by atoms with Gasteiger partial charge in [-0.15, -0.1) is 0 Å². The second-order valence-electron chi connectivity index (χ2n) is 6.72. The summed E-state index contributed by atoms with van der Waals surface area (Å²) in [5.41, 5.74) is 1.62.